The van der Waals surface area contributed by atoms with Gasteiger partial charge in [0, 0.05) is 11.4 Å². The maximum atomic E-state index is 8.88. The van der Waals surface area contributed by atoms with Crippen molar-refractivity contribution in [2.45, 2.75) is 13.8 Å². The summed E-state index contributed by atoms with van der Waals surface area (Å²) in [6.45, 7) is 3.79. The average molecular weight is 254 g/mol. The van der Waals surface area contributed by atoms with E-state index in [9.17, 15) is 0 Å². The molecule has 5 heteroatoms. The second kappa shape index (κ2) is 5.36. The third kappa shape index (κ3) is 2.99. The number of benzene rings is 1. The van der Waals surface area contributed by atoms with Crippen LogP contribution in [0.4, 0.5) is 11.6 Å². The zero-order chi connectivity index (χ0) is 13.8. The highest BCUT2D eigenvalue weighted by Crippen LogP contribution is 2.23. The van der Waals surface area contributed by atoms with Crippen LogP contribution < -0.4 is 10.1 Å². The summed E-state index contributed by atoms with van der Waals surface area (Å²) in [5.41, 5.74) is 2.97. The van der Waals surface area contributed by atoms with E-state index in [2.05, 4.69) is 15.3 Å². The molecule has 0 aliphatic heterocycles. The van der Waals surface area contributed by atoms with Gasteiger partial charge < -0.3 is 10.1 Å². The third-order valence-electron chi connectivity index (χ3n) is 2.62. The van der Waals surface area contributed by atoms with Crippen LogP contribution in [0.25, 0.3) is 0 Å². The molecule has 5 nitrogen and oxygen atoms in total. The average Bonchev–Trinajstić information content (AvgIpc) is 2.38. The molecule has 1 aromatic carbocycles. The number of rotatable bonds is 3. The Hall–Kier alpha value is -2.61. The van der Waals surface area contributed by atoms with Gasteiger partial charge in [0.05, 0.1) is 7.11 Å². The lowest BCUT2D eigenvalue weighted by Crippen LogP contribution is -2.00. The van der Waals surface area contributed by atoms with Crippen molar-refractivity contribution < 1.29 is 4.74 Å². The van der Waals surface area contributed by atoms with E-state index in [1.54, 1.807) is 13.2 Å². The lowest BCUT2D eigenvalue weighted by Gasteiger charge is -2.09. The van der Waals surface area contributed by atoms with Crippen molar-refractivity contribution in [2.75, 3.05) is 12.4 Å². The van der Waals surface area contributed by atoms with Crippen molar-refractivity contribution in [3.63, 3.8) is 0 Å². The molecule has 0 saturated carbocycles. The van der Waals surface area contributed by atoms with Crippen LogP contribution in [0, 0.1) is 25.2 Å². The zero-order valence-corrected chi connectivity index (χ0v) is 11.1. The molecule has 1 N–H and O–H groups in total. The molecule has 0 spiro atoms. The number of ether oxygens (including phenoxy) is 1. The monoisotopic (exact) mass is 254 g/mol. The maximum absolute atomic E-state index is 8.88. The Labute approximate surface area is 111 Å². The molecular weight excluding hydrogens is 240 g/mol. The van der Waals surface area contributed by atoms with Crippen LogP contribution in [0.2, 0.25) is 0 Å². The topological polar surface area (TPSA) is 70.8 Å². The number of nitriles is 1. The van der Waals surface area contributed by atoms with Gasteiger partial charge in [0.1, 0.15) is 17.5 Å². The summed E-state index contributed by atoms with van der Waals surface area (Å²) in [7, 11) is 1.64. The van der Waals surface area contributed by atoms with E-state index in [0.29, 0.717) is 11.6 Å². The van der Waals surface area contributed by atoms with Gasteiger partial charge in [-0.15, -0.1) is 0 Å². The van der Waals surface area contributed by atoms with Crippen molar-refractivity contribution in [1.29, 1.82) is 5.26 Å². The number of anilines is 2. The van der Waals surface area contributed by atoms with E-state index in [0.717, 1.165) is 22.7 Å². The van der Waals surface area contributed by atoms with Gasteiger partial charge in [-0.05, 0) is 43.7 Å². The first-order valence-electron chi connectivity index (χ1n) is 5.80. The summed E-state index contributed by atoms with van der Waals surface area (Å²) in [5.74, 6) is 1.24. The molecule has 0 unspecified atom stereocenters. The first-order valence-corrected chi connectivity index (χ1v) is 5.80. The molecule has 0 fully saturated rings. The van der Waals surface area contributed by atoms with E-state index in [1.165, 1.54) is 0 Å². The molecule has 2 rings (SSSR count). The van der Waals surface area contributed by atoms with Crippen molar-refractivity contribution in [3.05, 3.63) is 41.2 Å². The number of hydrogen-bond acceptors (Lipinski definition) is 5. The number of nitrogens with one attached hydrogen (secondary N) is 1. The molecule has 0 atom stereocenters. The predicted octanol–water partition coefficient (Wildman–Crippen LogP) is 2.72. The van der Waals surface area contributed by atoms with Crippen molar-refractivity contribution in [3.8, 4) is 11.8 Å². The quantitative estimate of drug-likeness (QED) is 0.911. The van der Waals surface area contributed by atoms with E-state index < -0.39 is 0 Å². The maximum Gasteiger partial charge on any atom is 0.228 e. The van der Waals surface area contributed by atoms with Gasteiger partial charge in [-0.1, -0.05) is 0 Å². The third-order valence-corrected chi connectivity index (χ3v) is 2.62. The van der Waals surface area contributed by atoms with Crippen LogP contribution in [-0.2, 0) is 0 Å². The minimum atomic E-state index is 0.347. The Morgan fingerprint density at radius 3 is 2.63 bits per heavy atom. The second-order valence-electron chi connectivity index (χ2n) is 4.14. The minimum Gasteiger partial charge on any atom is -0.496 e. The first-order chi connectivity index (χ1) is 9.12. The van der Waals surface area contributed by atoms with Gasteiger partial charge in [0.2, 0.25) is 5.95 Å². The summed E-state index contributed by atoms with van der Waals surface area (Å²) in [6, 6.07) is 9.35. The van der Waals surface area contributed by atoms with Crippen LogP contribution in [0.15, 0.2) is 24.3 Å². The van der Waals surface area contributed by atoms with Gasteiger partial charge in [-0.2, -0.15) is 5.26 Å². The summed E-state index contributed by atoms with van der Waals surface area (Å²) in [6.07, 6.45) is 0. The SMILES string of the molecule is COc1ccc(Nc2nc(C)cc(C#N)n2)cc1C. The number of aryl methyl sites for hydroxylation is 2. The summed E-state index contributed by atoms with van der Waals surface area (Å²) < 4.78 is 5.20. The van der Waals surface area contributed by atoms with E-state index in [-0.39, 0.29) is 0 Å². The van der Waals surface area contributed by atoms with Gasteiger partial charge >= 0.3 is 0 Å². The smallest absolute Gasteiger partial charge is 0.228 e. The Kier molecular flexibility index (Phi) is 3.62. The molecule has 0 radical (unpaired) electrons. The predicted molar refractivity (Wildman–Crippen MR) is 72.5 cm³/mol. The van der Waals surface area contributed by atoms with Crippen LogP contribution in [-0.4, -0.2) is 17.1 Å². The molecule has 1 heterocycles. The Morgan fingerprint density at radius 1 is 1.21 bits per heavy atom. The molecule has 0 saturated heterocycles. The first kappa shape index (κ1) is 12.8. The van der Waals surface area contributed by atoms with Gasteiger partial charge in [-0.3, -0.25) is 0 Å². The standard InChI is InChI=1S/C14H14N4O/c1-9-6-11(4-5-13(9)19-3)17-14-16-10(2)7-12(8-15)18-14/h4-7H,1-3H3,(H,16,17,18). The highest BCUT2D eigenvalue weighted by Gasteiger charge is 2.04. The Balaban J connectivity index is 2.29. The highest BCUT2D eigenvalue weighted by atomic mass is 16.5. The van der Waals surface area contributed by atoms with Gasteiger partial charge in [-0.25, -0.2) is 9.97 Å². The molecular formula is C14H14N4O. The molecule has 0 amide bonds. The summed E-state index contributed by atoms with van der Waals surface area (Å²) >= 11 is 0. The van der Waals surface area contributed by atoms with E-state index >= 15 is 0 Å². The van der Waals surface area contributed by atoms with Crippen molar-refractivity contribution in [2.24, 2.45) is 0 Å². The molecule has 96 valence electrons. The lowest BCUT2D eigenvalue weighted by molar-refractivity contribution is 0.412. The fourth-order valence-electron chi connectivity index (χ4n) is 1.77. The molecule has 0 aliphatic rings. The number of hydrogen-bond donors (Lipinski definition) is 1. The van der Waals surface area contributed by atoms with Crippen LogP contribution in [0.1, 0.15) is 17.0 Å². The normalized spacial score (nSPS) is 9.79. The molecule has 0 aliphatic carbocycles. The number of aromatic nitrogens is 2. The van der Waals surface area contributed by atoms with Crippen molar-refractivity contribution >= 4 is 11.6 Å². The second-order valence-corrected chi connectivity index (χ2v) is 4.14. The van der Waals surface area contributed by atoms with Gasteiger partial charge in [0.15, 0.2) is 0 Å². The van der Waals surface area contributed by atoms with Crippen molar-refractivity contribution in [1.82, 2.24) is 9.97 Å². The molecule has 0 bridgehead atoms. The van der Waals surface area contributed by atoms with Crippen LogP contribution in [0.5, 0.6) is 5.75 Å². The highest BCUT2D eigenvalue weighted by molar-refractivity contribution is 5.57. The molecule has 19 heavy (non-hydrogen) atoms. The largest absolute Gasteiger partial charge is 0.496 e. The fraction of sp³-hybridized carbons (Fsp3) is 0.214. The zero-order valence-electron chi connectivity index (χ0n) is 11.1. The molecule has 2 aromatic rings. The van der Waals surface area contributed by atoms with Gasteiger partial charge in [0.25, 0.3) is 0 Å². The Bertz CT molecular complexity index is 646. The van der Waals surface area contributed by atoms with Crippen LogP contribution >= 0.6 is 0 Å². The van der Waals surface area contributed by atoms with Crippen LogP contribution in [0.3, 0.4) is 0 Å². The summed E-state index contributed by atoms with van der Waals surface area (Å²) in [4.78, 5) is 8.35. The lowest BCUT2D eigenvalue weighted by atomic mass is 10.2. The number of nitrogens with zero attached hydrogens (tertiary/aromatic N) is 3. The fourth-order valence-corrected chi connectivity index (χ4v) is 1.77. The number of methoxy groups -OCH3 is 1. The summed E-state index contributed by atoms with van der Waals surface area (Å²) in [5, 5.41) is 12.0. The Morgan fingerprint density at radius 2 is 2.00 bits per heavy atom. The minimum absolute atomic E-state index is 0.347. The van der Waals surface area contributed by atoms with E-state index in [4.69, 9.17) is 10.00 Å². The van der Waals surface area contributed by atoms with E-state index in [1.807, 2.05) is 38.1 Å². The molecule has 1 aromatic heterocycles.